The summed E-state index contributed by atoms with van der Waals surface area (Å²) in [6, 6.07) is 9.82. The molecule has 110 valence electrons. The minimum Gasteiger partial charge on any atom is -0.298 e. The lowest BCUT2D eigenvalue weighted by atomic mass is 9.86. The summed E-state index contributed by atoms with van der Waals surface area (Å²) in [7, 11) is -3.02. The monoisotopic (exact) mass is 312 g/mol. The molecule has 0 heterocycles. The van der Waals surface area contributed by atoms with Crippen LogP contribution in [0.25, 0.3) is 0 Å². The fraction of sp³-hybridized carbons (Fsp3) is 0.533. The third-order valence-electron chi connectivity index (χ3n) is 3.81. The topological polar surface area (TPSA) is 51.2 Å². The van der Waals surface area contributed by atoms with Crippen molar-refractivity contribution in [1.29, 1.82) is 0 Å². The van der Waals surface area contributed by atoms with Gasteiger partial charge in [0.2, 0.25) is 0 Å². The summed E-state index contributed by atoms with van der Waals surface area (Å²) in [5, 5.41) is -0.327. The molecule has 1 saturated carbocycles. The Bertz CT molecular complexity index is 552. The first-order valence-electron chi connectivity index (χ1n) is 6.86. The van der Waals surface area contributed by atoms with E-state index in [-0.39, 0.29) is 17.0 Å². The van der Waals surface area contributed by atoms with Crippen LogP contribution in [0.2, 0.25) is 0 Å². The maximum atomic E-state index is 12.2. The van der Waals surface area contributed by atoms with Gasteiger partial charge in [0.25, 0.3) is 0 Å². The zero-order valence-corrected chi connectivity index (χ0v) is 13.3. The van der Waals surface area contributed by atoms with Crippen molar-refractivity contribution < 1.29 is 13.2 Å². The summed E-state index contributed by atoms with van der Waals surface area (Å²) >= 11 is 1.53. The highest BCUT2D eigenvalue weighted by Crippen LogP contribution is 2.30. The molecule has 0 spiro atoms. The van der Waals surface area contributed by atoms with Gasteiger partial charge in [-0.2, -0.15) is 0 Å². The number of thioether (sulfide) groups is 1. The van der Waals surface area contributed by atoms with Crippen molar-refractivity contribution in [3.05, 3.63) is 30.3 Å². The lowest BCUT2D eigenvalue weighted by Gasteiger charge is -2.26. The van der Waals surface area contributed by atoms with Crippen LogP contribution in [0.15, 0.2) is 35.2 Å². The maximum Gasteiger partial charge on any atom is 0.150 e. The Morgan fingerprint density at radius 2 is 1.95 bits per heavy atom. The number of Topliss-reactive ketones (excluding diaryl/α,β-unsaturated/α-hetero) is 1. The molecule has 5 heteroatoms. The highest BCUT2D eigenvalue weighted by atomic mass is 32.2. The van der Waals surface area contributed by atoms with Gasteiger partial charge in [0.15, 0.2) is 0 Å². The van der Waals surface area contributed by atoms with Crippen LogP contribution in [0.3, 0.4) is 0 Å². The van der Waals surface area contributed by atoms with Crippen LogP contribution in [0.4, 0.5) is 0 Å². The van der Waals surface area contributed by atoms with Gasteiger partial charge in [0.1, 0.15) is 15.6 Å². The fourth-order valence-corrected chi connectivity index (χ4v) is 4.69. The Morgan fingerprint density at radius 3 is 2.60 bits per heavy atom. The number of rotatable bonds is 5. The zero-order chi connectivity index (χ0) is 14.6. The molecule has 2 unspecified atom stereocenters. The van der Waals surface area contributed by atoms with Gasteiger partial charge in [-0.25, -0.2) is 8.42 Å². The second-order valence-electron chi connectivity index (χ2n) is 5.38. The van der Waals surface area contributed by atoms with Crippen LogP contribution in [0, 0.1) is 5.92 Å². The molecule has 3 nitrogen and oxygen atoms in total. The van der Waals surface area contributed by atoms with Crippen molar-refractivity contribution in [1.82, 2.24) is 0 Å². The minimum atomic E-state index is -3.02. The molecule has 0 saturated heterocycles. The molecule has 1 aliphatic rings. The Balaban J connectivity index is 1.89. The van der Waals surface area contributed by atoms with Crippen molar-refractivity contribution in [2.45, 2.75) is 35.8 Å². The Morgan fingerprint density at radius 1 is 1.25 bits per heavy atom. The number of carbonyl (C=O) groups excluding carboxylic acids is 1. The lowest BCUT2D eigenvalue weighted by Crippen LogP contribution is -2.31. The molecule has 0 radical (unpaired) electrons. The number of hydrogen-bond donors (Lipinski definition) is 0. The SMILES string of the molecule is CS(=O)(=O)C1CCCC(C(=O)CSc2ccccc2)C1. The van der Waals surface area contributed by atoms with Crippen LogP contribution >= 0.6 is 11.8 Å². The number of ketones is 1. The van der Waals surface area contributed by atoms with Gasteiger partial charge in [-0.3, -0.25) is 4.79 Å². The van der Waals surface area contributed by atoms with Crippen LogP contribution in [-0.4, -0.2) is 31.5 Å². The molecule has 0 amide bonds. The van der Waals surface area contributed by atoms with Gasteiger partial charge >= 0.3 is 0 Å². The Hall–Kier alpha value is -0.810. The number of hydrogen-bond acceptors (Lipinski definition) is 4. The minimum absolute atomic E-state index is 0.0836. The first-order valence-corrected chi connectivity index (χ1v) is 9.80. The fourth-order valence-electron chi connectivity index (χ4n) is 2.62. The molecule has 1 aromatic rings. The predicted octanol–water partition coefficient (Wildman–Crippen LogP) is 2.95. The molecule has 1 aromatic carbocycles. The van der Waals surface area contributed by atoms with Crippen molar-refractivity contribution in [3.63, 3.8) is 0 Å². The third-order valence-corrected chi connectivity index (χ3v) is 6.48. The summed E-state index contributed by atoms with van der Waals surface area (Å²) in [4.78, 5) is 13.3. The summed E-state index contributed by atoms with van der Waals surface area (Å²) in [6.45, 7) is 0. The normalized spacial score (nSPS) is 23.4. The Labute approximate surface area is 125 Å². The van der Waals surface area contributed by atoms with E-state index in [2.05, 4.69) is 0 Å². The van der Waals surface area contributed by atoms with E-state index in [9.17, 15) is 13.2 Å². The summed E-state index contributed by atoms with van der Waals surface area (Å²) in [5.41, 5.74) is 0. The van der Waals surface area contributed by atoms with E-state index in [0.717, 1.165) is 17.7 Å². The van der Waals surface area contributed by atoms with E-state index >= 15 is 0 Å². The lowest BCUT2D eigenvalue weighted by molar-refractivity contribution is -0.121. The largest absolute Gasteiger partial charge is 0.298 e. The average molecular weight is 312 g/mol. The molecular weight excluding hydrogens is 292 g/mol. The quantitative estimate of drug-likeness (QED) is 0.784. The maximum absolute atomic E-state index is 12.2. The second-order valence-corrected chi connectivity index (χ2v) is 8.76. The third kappa shape index (κ3) is 4.35. The van der Waals surface area contributed by atoms with Gasteiger partial charge in [0, 0.05) is 17.1 Å². The van der Waals surface area contributed by atoms with E-state index < -0.39 is 9.84 Å². The zero-order valence-electron chi connectivity index (χ0n) is 11.6. The number of sulfone groups is 1. The van der Waals surface area contributed by atoms with Crippen LogP contribution < -0.4 is 0 Å². The first-order chi connectivity index (χ1) is 9.47. The molecule has 0 aliphatic heterocycles. The van der Waals surface area contributed by atoms with E-state index in [1.807, 2.05) is 30.3 Å². The second kappa shape index (κ2) is 6.76. The van der Waals surface area contributed by atoms with Crippen LogP contribution in [-0.2, 0) is 14.6 Å². The van der Waals surface area contributed by atoms with Gasteiger partial charge in [0.05, 0.1) is 11.0 Å². The van der Waals surface area contributed by atoms with E-state index in [1.165, 1.54) is 18.0 Å². The molecule has 0 bridgehead atoms. The molecule has 0 N–H and O–H groups in total. The first kappa shape index (κ1) is 15.6. The van der Waals surface area contributed by atoms with Crippen LogP contribution in [0.1, 0.15) is 25.7 Å². The smallest absolute Gasteiger partial charge is 0.150 e. The van der Waals surface area contributed by atoms with Crippen LogP contribution in [0.5, 0.6) is 0 Å². The van der Waals surface area contributed by atoms with Gasteiger partial charge in [-0.15, -0.1) is 11.8 Å². The molecular formula is C15H20O3S2. The average Bonchev–Trinajstić information content (AvgIpc) is 2.45. The van der Waals surface area contributed by atoms with Crippen molar-refractivity contribution in [3.8, 4) is 0 Å². The summed E-state index contributed by atoms with van der Waals surface area (Å²) in [5.74, 6) is 0.539. The number of benzene rings is 1. The van der Waals surface area contributed by atoms with E-state index in [1.54, 1.807) is 0 Å². The van der Waals surface area contributed by atoms with Crippen molar-refractivity contribution in [2.24, 2.45) is 5.92 Å². The molecule has 0 aromatic heterocycles. The number of carbonyl (C=O) groups is 1. The van der Waals surface area contributed by atoms with E-state index in [0.29, 0.717) is 18.6 Å². The highest BCUT2D eigenvalue weighted by molar-refractivity contribution is 8.00. The van der Waals surface area contributed by atoms with Crippen molar-refractivity contribution in [2.75, 3.05) is 12.0 Å². The summed E-state index contributed by atoms with van der Waals surface area (Å²) < 4.78 is 23.2. The van der Waals surface area contributed by atoms with Gasteiger partial charge < -0.3 is 0 Å². The van der Waals surface area contributed by atoms with E-state index in [4.69, 9.17) is 0 Å². The summed E-state index contributed by atoms with van der Waals surface area (Å²) in [6.07, 6.45) is 4.16. The molecule has 2 rings (SSSR count). The van der Waals surface area contributed by atoms with Gasteiger partial charge in [-0.1, -0.05) is 24.6 Å². The Kier molecular flexibility index (Phi) is 5.27. The van der Waals surface area contributed by atoms with Crippen molar-refractivity contribution >= 4 is 27.4 Å². The molecule has 1 fully saturated rings. The van der Waals surface area contributed by atoms with Gasteiger partial charge in [-0.05, 0) is 31.4 Å². The predicted molar refractivity (Wildman–Crippen MR) is 82.8 cm³/mol. The highest BCUT2D eigenvalue weighted by Gasteiger charge is 2.32. The molecule has 1 aliphatic carbocycles. The standard InChI is InChI=1S/C15H20O3S2/c1-20(17,18)14-9-5-6-12(10-14)15(16)11-19-13-7-3-2-4-8-13/h2-4,7-8,12,14H,5-6,9-11H2,1H3. The molecule has 20 heavy (non-hydrogen) atoms. The molecule has 2 atom stereocenters.